The van der Waals surface area contributed by atoms with Crippen LogP contribution in [-0.4, -0.2) is 6.61 Å². The monoisotopic (exact) mass is 138 g/mol. The highest BCUT2D eigenvalue weighted by Gasteiger charge is 1.82. The zero-order valence-corrected chi connectivity index (χ0v) is 6.47. The molecule has 0 spiro atoms. The van der Waals surface area contributed by atoms with E-state index in [4.69, 9.17) is 11.2 Å². The van der Waals surface area contributed by atoms with Crippen molar-refractivity contribution in [1.29, 1.82) is 0 Å². The van der Waals surface area contributed by atoms with Crippen LogP contribution in [-0.2, 0) is 4.74 Å². The molecule has 0 N–H and O–H groups in total. The summed E-state index contributed by atoms with van der Waals surface area (Å²) in [5, 5.41) is 0. The molecule has 0 saturated carbocycles. The van der Waals surface area contributed by atoms with Crippen molar-refractivity contribution < 1.29 is 4.74 Å². The van der Waals surface area contributed by atoms with Crippen molar-refractivity contribution in [3.8, 4) is 12.3 Å². The van der Waals surface area contributed by atoms with Gasteiger partial charge in [0, 0.05) is 6.08 Å². The second kappa shape index (κ2) is 8.10. The molecule has 0 unspecified atom stereocenters. The Balaban J connectivity index is 2.92. The number of terminal acetylenes is 1. The summed E-state index contributed by atoms with van der Waals surface area (Å²) in [6, 6.07) is 0. The Labute approximate surface area is 63.1 Å². The van der Waals surface area contributed by atoms with E-state index in [0.717, 1.165) is 13.0 Å². The van der Waals surface area contributed by atoms with Gasteiger partial charge in [0.15, 0.2) is 0 Å². The Morgan fingerprint density at radius 3 is 2.90 bits per heavy atom. The fourth-order valence-electron chi connectivity index (χ4n) is 0.591. The second-order valence-corrected chi connectivity index (χ2v) is 2.05. The van der Waals surface area contributed by atoms with Gasteiger partial charge in [-0.05, 0) is 6.42 Å². The molecule has 0 aliphatic rings. The van der Waals surface area contributed by atoms with Gasteiger partial charge in [0.1, 0.15) is 0 Å². The fraction of sp³-hybridized carbons (Fsp3) is 0.556. The topological polar surface area (TPSA) is 9.23 Å². The molecule has 1 heteroatoms. The van der Waals surface area contributed by atoms with E-state index in [1.807, 2.05) is 0 Å². The minimum Gasteiger partial charge on any atom is -0.501 e. The number of unbranched alkanes of at least 4 members (excludes halogenated alkanes) is 2. The Morgan fingerprint density at radius 1 is 1.50 bits per heavy atom. The lowest BCUT2D eigenvalue weighted by Crippen LogP contribution is -1.85. The molecule has 10 heavy (non-hydrogen) atoms. The Morgan fingerprint density at radius 2 is 2.30 bits per heavy atom. The summed E-state index contributed by atoms with van der Waals surface area (Å²) in [6.45, 7) is 2.95. The molecule has 0 saturated heterocycles. The lowest BCUT2D eigenvalue weighted by molar-refractivity contribution is 0.242. The van der Waals surface area contributed by atoms with Gasteiger partial charge in [0.25, 0.3) is 0 Å². The van der Waals surface area contributed by atoms with Crippen LogP contribution in [0, 0.1) is 12.3 Å². The SMILES string of the molecule is C#CC=COCCCCC. The molecule has 0 bridgehead atoms. The van der Waals surface area contributed by atoms with Gasteiger partial charge in [-0.2, -0.15) is 0 Å². The summed E-state index contributed by atoms with van der Waals surface area (Å²) in [6.07, 6.45) is 11.6. The highest BCUT2D eigenvalue weighted by molar-refractivity contribution is 5.05. The van der Waals surface area contributed by atoms with E-state index in [-0.39, 0.29) is 0 Å². The molecule has 1 nitrogen and oxygen atoms in total. The molecule has 0 fully saturated rings. The first-order valence-corrected chi connectivity index (χ1v) is 3.64. The van der Waals surface area contributed by atoms with Gasteiger partial charge in [0.05, 0.1) is 12.9 Å². The van der Waals surface area contributed by atoms with Gasteiger partial charge in [-0.1, -0.05) is 25.7 Å². The zero-order valence-electron chi connectivity index (χ0n) is 6.47. The van der Waals surface area contributed by atoms with Crippen LogP contribution in [0.15, 0.2) is 12.3 Å². The van der Waals surface area contributed by atoms with Gasteiger partial charge in [0.2, 0.25) is 0 Å². The average molecular weight is 138 g/mol. The third kappa shape index (κ3) is 7.10. The quantitative estimate of drug-likeness (QED) is 0.322. The first kappa shape index (κ1) is 9.10. The molecule has 56 valence electrons. The molecule has 0 aliphatic heterocycles. The van der Waals surface area contributed by atoms with Crippen LogP contribution in [0.1, 0.15) is 26.2 Å². The smallest absolute Gasteiger partial charge is 0.0912 e. The van der Waals surface area contributed by atoms with Crippen molar-refractivity contribution in [2.45, 2.75) is 26.2 Å². The predicted molar refractivity (Wildman–Crippen MR) is 43.5 cm³/mol. The fourth-order valence-corrected chi connectivity index (χ4v) is 0.591. The van der Waals surface area contributed by atoms with Crippen molar-refractivity contribution in [3.63, 3.8) is 0 Å². The molecule has 0 aromatic carbocycles. The van der Waals surface area contributed by atoms with Gasteiger partial charge >= 0.3 is 0 Å². The van der Waals surface area contributed by atoms with E-state index in [2.05, 4.69) is 12.8 Å². The molecular weight excluding hydrogens is 124 g/mol. The lowest BCUT2D eigenvalue weighted by atomic mass is 10.3. The molecule has 0 atom stereocenters. The molecule has 0 rings (SSSR count). The molecular formula is C9H14O. The van der Waals surface area contributed by atoms with Gasteiger partial charge in [-0.15, -0.1) is 6.42 Å². The molecule has 0 radical (unpaired) electrons. The predicted octanol–water partition coefficient (Wildman–Crippen LogP) is 2.34. The molecule has 0 aliphatic carbocycles. The van der Waals surface area contributed by atoms with E-state index < -0.39 is 0 Å². The van der Waals surface area contributed by atoms with Gasteiger partial charge in [-0.25, -0.2) is 0 Å². The summed E-state index contributed by atoms with van der Waals surface area (Å²) < 4.78 is 5.05. The van der Waals surface area contributed by atoms with Crippen LogP contribution in [0.25, 0.3) is 0 Å². The number of hydrogen-bond acceptors (Lipinski definition) is 1. The third-order valence-electron chi connectivity index (χ3n) is 1.13. The normalized spacial score (nSPS) is 9.60. The van der Waals surface area contributed by atoms with Crippen molar-refractivity contribution in [3.05, 3.63) is 12.3 Å². The molecule has 0 aromatic heterocycles. The number of ether oxygens (including phenoxy) is 1. The number of rotatable bonds is 5. The first-order valence-electron chi connectivity index (χ1n) is 3.64. The summed E-state index contributed by atoms with van der Waals surface area (Å²) in [5.74, 6) is 2.35. The van der Waals surface area contributed by atoms with Crippen molar-refractivity contribution in [1.82, 2.24) is 0 Å². The number of allylic oxidation sites excluding steroid dienone is 1. The van der Waals surface area contributed by atoms with E-state index in [0.29, 0.717) is 0 Å². The van der Waals surface area contributed by atoms with E-state index in [1.54, 1.807) is 12.3 Å². The van der Waals surface area contributed by atoms with Gasteiger partial charge in [-0.3, -0.25) is 0 Å². The maximum atomic E-state index is 5.05. The summed E-state index contributed by atoms with van der Waals surface area (Å²) in [7, 11) is 0. The van der Waals surface area contributed by atoms with Crippen LogP contribution in [0.3, 0.4) is 0 Å². The zero-order chi connectivity index (χ0) is 7.66. The largest absolute Gasteiger partial charge is 0.501 e. The summed E-state index contributed by atoms with van der Waals surface area (Å²) >= 11 is 0. The maximum absolute atomic E-state index is 5.05. The molecule has 0 heterocycles. The Bertz CT molecular complexity index is 119. The van der Waals surface area contributed by atoms with Gasteiger partial charge < -0.3 is 4.74 Å². The maximum Gasteiger partial charge on any atom is 0.0912 e. The molecule has 0 amide bonds. The Kier molecular flexibility index (Phi) is 7.37. The van der Waals surface area contributed by atoms with Crippen LogP contribution < -0.4 is 0 Å². The van der Waals surface area contributed by atoms with Crippen LogP contribution >= 0.6 is 0 Å². The van der Waals surface area contributed by atoms with Crippen LogP contribution in [0.5, 0.6) is 0 Å². The molecule has 0 aromatic rings. The van der Waals surface area contributed by atoms with E-state index >= 15 is 0 Å². The first-order chi connectivity index (χ1) is 4.91. The van der Waals surface area contributed by atoms with Crippen LogP contribution in [0.4, 0.5) is 0 Å². The van der Waals surface area contributed by atoms with Crippen LogP contribution in [0.2, 0.25) is 0 Å². The summed E-state index contributed by atoms with van der Waals surface area (Å²) in [5.41, 5.74) is 0. The Hall–Kier alpha value is -0.900. The van der Waals surface area contributed by atoms with E-state index in [1.165, 1.54) is 12.8 Å². The highest BCUT2D eigenvalue weighted by Crippen LogP contribution is 1.93. The standard InChI is InChI=1S/C9H14O/c1-3-5-7-9-10-8-6-4-2/h2,6,8H,3,5,7,9H2,1H3. The minimum absolute atomic E-state index is 0.784. The highest BCUT2D eigenvalue weighted by atomic mass is 16.5. The second-order valence-electron chi connectivity index (χ2n) is 2.05. The van der Waals surface area contributed by atoms with Crippen molar-refractivity contribution in [2.75, 3.05) is 6.61 Å². The minimum atomic E-state index is 0.784. The van der Waals surface area contributed by atoms with Crippen molar-refractivity contribution >= 4 is 0 Å². The number of hydrogen-bond donors (Lipinski definition) is 0. The van der Waals surface area contributed by atoms with Crippen molar-refractivity contribution in [2.24, 2.45) is 0 Å². The van der Waals surface area contributed by atoms with E-state index in [9.17, 15) is 0 Å². The average Bonchev–Trinajstić information content (AvgIpc) is 1.97. The third-order valence-corrected chi connectivity index (χ3v) is 1.13. The summed E-state index contributed by atoms with van der Waals surface area (Å²) in [4.78, 5) is 0. The lowest BCUT2D eigenvalue weighted by Gasteiger charge is -1.96.